The van der Waals surface area contributed by atoms with E-state index in [1.54, 1.807) is 0 Å². The van der Waals surface area contributed by atoms with Crippen LogP contribution in [0.4, 0.5) is 14.5 Å². The molecule has 1 saturated heterocycles. The summed E-state index contributed by atoms with van der Waals surface area (Å²) in [4.78, 5) is 1.86. The summed E-state index contributed by atoms with van der Waals surface area (Å²) in [6.07, 6.45) is 3.13. The second-order valence-corrected chi connectivity index (χ2v) is 5.70. The molecule has 0 amide bonds. The number of hydrogen-bond acceptors (Lipinski definition) is 2. The molecule has 1 saturated carbocycles. The number of ether oxygens (including phenoxy) is 1. The van der Waals surface area contributed by atoms with Gasteiger partial charge in [0, 0.05) is 11.9 Å². The Morgan fingerprint density at radius 1 is 1.26 bits per heavy atom. The number of benzene rings is 1. The van der Waals surface area contributed by atoms with Gasteiger partial charge < -0.3 is 9.64 Å². The lowest BCUT2D eigenvalue weighted by Crippen LogP contribution is -2.49. The van der Waals surface area contributed by atoms with Gasteiger partial charge in [0.15, 0.2) is 0 Å². The van der Waals surface area contributed by atoms with E-state index in [-0.39, 0.29) is 17.8 Å². The van der Waals surface area contributed by atoms with Crippen molar-refractivity contribution in [3.8, 4) is 0 Å². The third-order valence-electron chi connectivity index (χ3n) is 4.00. The second kappa shape index (κ2) is 5.37. The molecule has 19 heavy (non-hydrogen) atoms. The predicted molar refractivity (Wildman–Crippen MR) is 73.7 cm³/mol. The van der Waals surface area contributed by atoms with Crippen LogP contribution in [0, 0.1) is 11.6 Å². The smallest absolute Gasteiger partial charge is 0.149 e. The first-order valence-electron chi connectivity index (χ1n) is 6.63. The molecule has 0 bridgehead atoms. The molecule has 1 aliphatic carbocycles. The van der Waals surface area contributed by atoms with Gasteiger partial charge in [-0.2, -0.15) is 0 Å². The van der Waals surface area contributed by atoms with Crippen LogP contribution in [0.3, 0.4) is 0 Å². The molecule has 0 aromatic heterocycles. The molecular formula is C14H16BrF2NO. The Kier molecular flexibility index (Phi) is 3.76. The van der Waals surface area contributed by atoms with Crippen molar-refractivity contribution in [3.05, 3.63) is 29.3 Å². The first kappa shape index (κ1) is 13.3. The lowest BCUT2D eigenvalue weighted by Gasteiger charge is -2.39. The van der Waals surface area contributed by atoms with Gasteiger partial charge in [0.1, 0.15) is 17.3 Å². The number of nitrogens with zero attached hydrogens (tertiary/aromatic N) is 1. The van der Waals surface area contributed by atoms with Gasteiger partial charge in [0.05, 0.1) is 18.8 Å². The lowest BCUT2D eigenvalue weighted by atomic mass is 10.1. The van der Waals surface area contributed by atoms with Crippen molar-refractivity contribution in [1.29, 1.82) is 0 Å². The van der Waals surface area contributed by atoms with Crippen LogP contribution in [0.5, 0.6) is 0 Å². The van der Waals surface area contributed by atoms with E-state index in [4.69, 9.17) is 4.74 Å². The standard InChI is InChI=1S/C14H16BrF2NO/c15-8-9-6-10(16)14(11(17)7-9)18-4-5-19-13-3-1-2-12(13)18/h6-7,12-13H,1-5,8H2. The molecule has 1 aromatic carbocycles. The summed E-state index contributed by atoms with van der Waals surface area (Å²) in [7, 11) is 0. The minimum absolute atomic E-state index is 0.116. The highest BCUT2D eigenvalue weighted by Gasteiger charge is 2.38. The highest BCUT2D eigenvalue weighted by molar-refractivity contribution is 9.08. The quantitative estimate of drug-likeness (QED) is 0.767. The SMILES string of the molecule is Fc1cc(CBr)cc(F)c1N1CCOC2CCCC21. The molecule has 1 heterocycles. The first-order chi connectivity index (χ1) is 9.20. The second-order valence-electron chi connectivity index (χ2n) is 5.14. The van der Waals surface area contributed by atoms with E-state index in [1.165, 1.54) is 12.1 Å². The number of fused-ring (bicyclic) bond motifs is 1. The Morgan fingerprint density at radius 2 is 2.00 bits per heavy atom. The highest BCUT2D eigenvalue weighted by atomic mass is 79.9. The average Bonchev–Trinajstić information content (AvgIpc) is 2.86. The van der Waals surface area contributed by atoms with Crippen LogP contribution in [0.2, 0.25) is 0 Å². The zero-order valence-electron chi connectivity index (χ0n) is 10.5. The van der Waals surface area contributed by atoms with Gasteiger partial charge in [-0.1, -0.05) is 15.9 Å². The molecule has 104 valence electrons. The normalized spacial score (nSPS) is 26.6. The van der Waals surface area contributed by atoms with E-state index in [1.807, 2.05) is 4.90 Å². The number of morpholine rings is 1. The third-order valence-corrected chi connectivity index (χ3v) is 4.65. The number of anilines is 1. The Labute approximate surface area is 119 Å². The van der Waals surface area contributed by atoms with Crippen LogP contribution in [0.15, 0.2) is 12.1 Å². The van der Waals surface area contributed by atoms with Crippen molar-refractivity contribution < 1.29 is 13.5 Å². The van der Waals surface area contributed by atoms with Gasteiger partial charge >= 0.3 is 0 Å². The van der Waals surface area contributed by atoms with Crippen molar-refractivity contribution in [1.82, 2.24) is 0 Å². The van der Waals surface area contributed by atoms with Crippen molar-refractivity contribution in [3.63, 3.8) is 0 Å². The van der Waals surface area contributed by atoms with E-state index in [0.29, 0.717) is 24.0 Å². The van der Waals surface area contributed by atoms with Gasteiger partial charge in [-0.05, 0) is 37.0 Å². The minimum atomic E-state index is -0.470. The van der Waals surface area contributed by atoms with E-state index >= 15 is 0 Å². The van der Waals surface area contributed by atoms with Crippen molar-refractivity contribution in [2.45, 2.75) is 36.7 Å². The number of rotatable bonds is 2. The molecule has 0 N–H and O–H groups in total. The van der Waals surface area contributed by atoms with E-state index in [2.05, 4.69) is 15.9 Å². The Morgan fingerprint density at radius 3 is 2.68 bits per heavy atom. The maximum atomic E-state index is 14.2. The predicted octanol–water partition coefficient (Wildman–Crippen LogP) is 3.62. The fourth-order valence-corrected chi connectivity index (χ4v) is 3.50. The monoisotopic (exact) mass is 331 g/mol. The Bertz CT molecular complexity index is 460. The molecule has 0 radical (unpaired) electrons. The summed E-state index contributed by atoms with van der Waals surface area (Å²) < 4.78 is 34.1. The van der Waals surface area contributed by atoms with E-state index in [0.717, 1.165) is 19.3 Å². The van der Waals surface area contributed by atoms with Crippen LogP contribution < -0.4 is 4.90 Å². The van der Waals surface area contributed by atoms with Gasteiger partial charge in [-0.3, -0.25) is 0 Å². The van der Waals surface area contributed by atoms with E-state index in [9.17, 15) is 8.78 Å². The van der Waals surface area contributed by atoms with Crippen LogP contribution in [-0.4, -0.2) is 25.3 Å². The summed E-state index contributed by atoms with van der Waals surface area (Å²) in [6.45, 7) is 1.10. The molecule has 1 aromatic rings. The van der Waals surface area contributed by atoms with Crippen LogP contribution >= 0.6 is 15.9 Å². The zero-order valence-corrected chi connectivity index (χ0v) is 12.1. The lowest BCUT2D eigenvalue weighted by molar-refractivity contribution is 0.0251. The van der Waals surface area contributed by atoms with Crippen molar-refractivity contribution in [2.24, 2.45) is 0 Å². The maximum absolute atomic E-state index is 14.2. The molecule has 2 aliphatic rings. The third kappa shape index (κ3) is 2.38. The van der Waals surface area contributed by atoms with Gasteiger partial charge in [-0.15, -0.1) is 0 Å². The summed E-state index contributed by atoms with van der Waals surface area (Å²) in [5, 5.41) is 0.455. The molecule has 3 rings (SSSR count). The maximum Gasteiger partial charge on any atom is 0.149 e. The molecule has 2 fully saturated rings. The fraction of sp³-hybridized carbons (Fsp3) is 0.571. The van der Waals surface area contributed by atoms with Gasteiger partial charge in [-0.25, -0.2) is 8.78 Å². The van der Waals surface area contributed by atoms with Crippen LogP contribution in [0.25, 0.3) is 0 Å². The molecule has 0 spiro atoms. The Balaban J connectivity index is 1.97. The van der Waals surface area contributed by atoms with Crippen molar-refractivity contribution in [2.75, 3.05) is 18.1 Å². The molecular weight excluding hydrogens is 316 g/mol. The Hall–Kier alpha value is -0.680. The summed E-state index contributed by atoms with van der Waals surface area (Å²) in [6, 6.07) is 2.94. The molecule has 2 nitrogen and oxygen atoms in total. The first-order valence-corrected chi connectivity index (χ1v) is 7.75. The number of alkyl halides is 1. The average molecular weight is 332 g/mol. The minimum Gasteiger partial charge on any atom is -0.374 e. The van der Waals surface area contributed by atoms with Gasteiger partial charge in [0.2, 0.25) is 0 Å². The number of halogens is 3. The fourth-order valence-electron chi connectivity index (χ4n) is 3.17. The molecule has 2 unspecified atom stereocenters. The molecule has 1 aliphatic heterocycles. The largest absolute Gasteiger partial charge is 0.374 e. The summed E-state index contributed by atoms with van der Waals surface area (Å²) >= 11 is 3.22. The van der Waals surface area contributed by atoms with Crippen LogP contribution in [0.1, 0.15) is 24.8 Å². The zero-order chi connectivity index (χ0) is 13.4. The van der Waals surface area contributed by atoms with Crippen LogP contribution in [-0.2, 0) is 10.1 Å². The summed E-state index contributed by atoms with van der Waals surface area (Å²) in [5.74, 6) is -0.941. The highest BCUT2D eigenvalue weighted by Crippen LogP contribution is 2.36. The van der Waals surface area contributed by atoms with Gasteiger partial charge in [0.25, 0.3) is 0 Å². The summed E-state index contributed by atoms with van der Waals surface area (Å²) in [5.41, 5.74) is 0.736. The molecule has 2 atom stereocenters. The topological polar surface area (TPSA) is 12.5 Å². The van der Waals surface area contributed by atoms with E-state index < -0.39 is 11.6 Å². The number of hydrogen-bond donors (Lipinski definition) is 0. The molecule has 5 heteroatoms. The van der Waals surface area contributed by atoms with Crippen molar-refractivity contribution >= 4 is 21.6 Å².